The third-order valence-corrected chi connectivity index (χ3v) is 5.98. The smallest absolute Gasteiger partial charge is 0.416 e. The third kappa shape index (κ3) is 7.59. The van der Waals surface area contributed by atoms with Crippen LogP contribution in [-0.4, -0.2) is 37.5 Å². The number of nitrogens with zero attached hydrogens (tertiary/aromatic N) is 1. The van der Waals surface area contributed by atoms with Crippen LogP contribution in [0.4, 0.5) is 13.2 Å². The van der Waals surface area contributed by atoms with Crippen molar-refractivity contribution in [1.29, 1.82) is 0 Å². The number of rotatable bonds is 10. The Labute approximate surface area is 214 Å². The summed E-state index contributed by atoms with van der Waals surface area (Å²) in [6.45, 7) is 2.31. The Kier molecular flexibility index (Phi) is 9.33. The summed E-state index contributed by atoms with van der Waals surface area (Å²) >= 11 is 0. The van der Waals surface area contributed by atoms with E-state index < -0.39 is 11.7 Å². The van der Waals surface area contributed by atoms with E-state index in [-0.39, 0.29) is 30.9 Å². The zero-order valence-electron chi connectivity index (χ0n) is 21.0. The highest BCUT2D eigenvalue weighted by Gasteiger charge is 2.30. The molecule has 5 nitrogen and oxygen atoms in total. The first kappa shape index (κ1) is 27.8. The molecule has 0 bridgehead atoms. The number of hydrogen-bond acceptors (Lipinski definition) is 4. The fourth-order valence-corrected chi connectivity index (χ4v) is 3.82. The van der Waals surface area contributed by atoms with Gasteiger partial charge in [0.1, 0.15) is 11.9 Å². The van der Waals surface area contributed by atoms with E-state index in [0.717, 1.165) is 36.1 Å². The van der Waals surface area contributed by atoms with Crippen molar-refractivity contribution in [2.45, 2.75) is 38.5 Å². The fourth-order valence-electron chi connectivity index (χ4n) is 3.82. The van der Waals surface area contributed by atoms with E-state index in [1.165, 1.54) is 24.1 Å². The second kappa shape index (κ2) is 12.4. The standard InChI is InChI=1S/C29H30F3NO4/c1-4-5-26(22-8-6-20(7-9-22)21-10-14-24(15-11-21)29(30,31)32)37-25-16-12-23(13-17-25)28(35)33(2)19-18-27(34)36-3/h6-17,26H,4-5,18-19H2,1-3H3. The maximum absolute atomic E-state index is 12.8. The molecule has 0 N–H and O–H groups in total. The molecule has 0 saturated heterocycles. The molecule has 196 valence electrons. The molecule has 0 aliphatic rings. The molecule has 0 aliphatic heterocycles. The number of carbonyl (C=O) groups excluding carboxylic acids is 2. The van der Waals surface area contributed by atoms with Gasteiger partial charge in [-0.2, -0.15) is 13.2 Å². The first-order chi connectivity index (χ1) is 17.6. The van der Waals surface area contributed by atoms with E-state index >= 15 is 0 Å². The lowest BCUT2D eigenvalue weighted by molar-refractivity contribution is -0.141. The van der Waals surface area contributed by atoms with Crippen LogP contribution < -0.4 is 4.74 Å². The molecule has 3 rings (SSSR count). The molecule has 0 spiro atoms. The van der Waals surface area contributed by atoms with Gasteiger partial charge in [-0.25, -0.2) is 0 Å². The minimum absolute atomic E-state index is 0.121. The largest absolute Gasteiger partial charge is 0.486 e. The van der Waals surface area contributed by atoms with Crippen molar-refractivity contribution >= 4 is 11.9 Å². The average molecular weight is 514 g/mol. The van der Waals surface area contributed by atoms with Crippen molar-refractivity contribution in [3.8, 4) is 16.9 Å². The van der Waals surface area contributed by atoms with E-state index in [0.29, 0.717) is 16.9 Å². The number of hydrogen-bond donors (Lipinski definition) is 0. The van der Waals surface area contributed by atoms with Crippen LogP contribution in [0.25, 0.3) is 11.1 Å². The van der Waals surface area contributed by atoms with Crippen molar-refractivity contribution in [3.05, 3.63) is 89.5 Å². The lowest BCUT2D eigenvalue weighted by atomic mass is 9.99. The van der Waals surface area contributed by atoms with Gasteiger partial charge < -0.3 is 14.4 Å². The molecule has 0 saturated carbocycles. The Morgan fingerprint density at radius 3 is 1.97 bits per heavy atom. The van der Waals surface area contributed by atoms with Gasteiger partial charge in [-0.15, -0.1) is 0 Å². The topological polar surface area (TPSA) is 55.8 Å². The maximum atomic E-state index is 12.8. The van der Waals surface area contributed by atoms with Gasteiger partial charge in [0.25, 0.3) is 5.91 Å². The van der Waals surface area contributed by atoms with Crippen LogP contribution in [-0.2, 0) is 15.7 Å². The van der Waals surface area contributed by atoms with Crippen molar-refractivity contribution in [1.82, 2.24) is 4.90 Å². The number of carbonyl (C=O) groups is 2. The highest BCUT2D eigenvalue weighted by Crippen LogP contribution is 2.32. The molecule has 0 heterocycles. The highest BCUT2D eigenvalue weighted by molar-refractivity contribution is 5.94. The van der Waals surface area contributed by atoms with Gasteiger partial charge in [0, 0.05) is 19.2 Å². The van der Waals surface area contributed by atoms with Crippen LogP contribution in [0, 0.1) is 0 Å². The van der Waals surface area contributed by atoms with Gasteiger partial charge in [0.2, 0.25) is 0 Å². The van der Waals surface area contributed by atoms with Crippen LogP contribution >= 0.6 is 0 Å². The molecular weight excluding hydrogens is 483 g/mol. The number of halogens is 3. The van der Waals surface area contributed by atoms with Gasteiger partial charge in [0.05, 0.1) is 19.1 Å². The molecule has 0 radical (unpaired) electrons. The van der Waals surface area contributed by atoms with E-state index in [1.807, 2.05) is 24.3 Å². The molecular formula is C29H30F3NO4. The summed E-state index contributed by atoms with van der Waals surface area (Å²) in [4.78, 5) is 25.4. The second-order valence-corrected chi connectivity index (χ2v) is 8.67. The Bertz CT molecular complexity index is 1170. The third-order valence-electron chi connectivity index (χ3n) is 5.98. The number of methoxy groups -OCH3 is 1. The van der Waals surface area contributed by atoms with Gasteiger partial charge in [-0.05, 0) is 59.5 Å². The van der Waals surface area contributed by atoms with Crippen LogP contribution in [0.2, 0.25) is 0 Å². The lowest BCUT2D eigenvalue weighted by Crippen LogP contribution is -2.29. The summed E-state index contributed by atoms with van der Waals surface area (Å²) < 4.78 is 49.3. The summed E-state index contributed by atoms with van der Waals surface area (Å²) in [7, 11) is 2.93. The molecule has 1 amide bonds. The first-order valence-corrected chi connectivity index (χ1v) is 12.0. The van der Waals surface area contributed by atoms with Gasteiger partial charge >= 0.3 is 12.1 Å². The van der Waals surface area contributed by atoms with Gasteiger partial charge in [-0.1, -0.05) is 49.7 Å². The van der Waals surface area contributed by atoms with Crippen molar-refractivity contribution < 1.29 is 32.2 Å². The van der Waals surface area contributed by atoms with Gasteiger partial charge in [-0.3, -0.25) is 9.59 Å². The summed E-state index contributed by atoms with van der Waals surface area (Å²) in [5.41, 5.74) is 2.26. The quantitative estimate of drug-likeness (QED) is 0.276. The number of ether oxygens (including phenoxy) is 2. The lowest BCUT2D eigenvalue weighted by Gasteiger charge is -2.20. The first-order valence-electron chi connectivity index (χ1n) is 12.0. The molecule has 0 fully saturated rings. The van der Waals surface area contributed by atoms with Crippen molar-refractivity contribution in [2.24, 2.45) is 0 Å². The highest BCUT2D eigenvalue weighted by atomic mass is 19.4. The molecule has 1 unspecified atom stereocenters. The second-order valence-electron chi connectivity index (χ2n) is 8.67. The van der Waals surface area contributed by atoms with E-state index in [2.05, 4.69) is 11.7 Å². The normalized spacial score (nSPS) is 12.1. The molecule has 1 atom stereocenters. The Hall–Kier alpha value is -3.81. The molecule has 3 aromatic carbocycles. The summed E-state index contributed by atoms with van der Waals surface area (Å²) in [5.74, 6) is 0.0243. The number of amides is 1. The zero-order valence-corrected chi connectivity index (χ0v) is 21.0. The molecule has 37 heavy (non-hydrogen) atoms. The molecule has 8 heteroatoms. The van der Waals surface area contributed by atoms with Crippen LogP contribution in [0.5, 0.6) is 5.75 Å². The van der Waals surface area contributed by atoms with Crippen molar-refractivity contribution in [3.63, 3.8) is 0 Å². The SMILES string of the molecule is CCCC(Oc1ccc(C(=O)N(C)CCC(=O)OC)cc1)c1ccc(-c2ccc(C(F)(F)F)cc2)cc1. The minimum Gasteiger partial charge on any atom is -0.486 e. The number of esters is 1. The van der Waals surface area contributed by atoms with E-state index in [4.69, 9.17) is 4.74 Å². The summed E-state index contributed by atoms with van der Waals surface area (Å²) in [6, 6.07) is 19.5. The fraction of sp³-hybridized carbons (Fsp3) is 0.310. The minimum atomic E-state index is -4.36. The number of alkyl halides is 3. The zero-order chi connectivity index (χ0) is 27.0. The van der Waals surface area contributed by atoms with Crippen LogP contribution in [0.1, 0.15) is 53.8 Å². The molecule has 0 aliphatic carbocycles. The predicted molar refractivity (Wildman–Crippen MR) is 135 cm³/mol. The predicted octanol–water partition coefficient (Wildman–Crippen LogP) is 6.93. The average Bonchev–Trinajstić information content (AvgIpc) is 2.91. The molecule has 3 aromatic rings. The monoisotopic (exact) mass is 513 g/mol. The number of benzene rings is 3. The Morgan fingerprint density at radius 1 is 0.892 bits per heavy atom. The van der Waals surface area contributed by atoms with Crippen LogP contribution in [0.3, 0.4) is 0 Å². The summed E-state index contributed by atoms with van der Waals surface area (Å²) in [5, 5.41) is 0. The van der Waals surface area contributed by atoms with Gasteiger partial charge in [0.15, 0.2) is 0 Å². The maximum Gasteiger partial charge on any atom is 0.416 e. The van der Waals surface area contributed by atoms with E-state index in [1.54, 1.807) is 31.3 Å². The molecule has 0 aromatic heterocycles. The van der Waals surface area contributed by atoms with Crippen molar-refractivity contribution in [2.75, 3.05) is 20.7 Å². The van der Waals surface area contributed by atoms with E-state index in [9.17, 15) is 22.8 Å². The van der Waals surface area contributed by atoms with Crippen LogP contribution in [0.15, 0.2) is 72.8 Å². The Balaban J connectivity index is 1.67. The summed E-state index contributed by atoms with van der Waals surface area (Å²) in [6.07, 6.45) is -2.82. The Morgan fingerprint density at radius 2 is 1.46 bits per heavy atom.